The van der Waals surface area contributed by atoms with Gasteiger partial charge in [0.15, 0.2) is 0 Å². The van der Waals surface area contributed by atoms with Crippen LogP contribution in [0.4, 0.5) is 4.39 Å². The molecule has 0 bridgehead atoms. The summed E-state index contributed by atoms with van der Waals surface area (Å²) in [6.45, 7) is 13.3. The topological polar surface area (TPSA) is 30.7 Å². The summed E-state index contributed by atoms with van der Waals surface area (Å²) >= 11 is 0. The minimum absolute atomic E-state index is 0.244. The predicted molar refractivity (Wildman–Crippen MR) is 90.8 cm³/mol. The molecular weight excluding hydrogens is 277 g/mol. The largest absolute Gasteiger partial charge is 0.220 e. The lowest BCUT2D eigenvalue weighted by atomic mass is 10.1. The van der Waals surface area contributed by atoms with E-state index in [0.29, 0.717) is 17.0 Å². The Kier molecular flexibility index (Phi) is 6.96. The van der Waals surface area contributed by atoms with Crippen LogP contribution in [0.3, 0.4) is 0 Å². The van der Waals surface area contributed by atoms with Crippen molar-refractivity contribution in [2.75, 3.05) is 0 Å². The molecule has 0 amide bonds. The van der Waals surface area contributed by atoms with Gasteiger partial charge in [-0.3, -0.25) is 0 Å². The Bertz CT molecular complexity index is 613. The Morgan fingerprint density at radius 3 is 2.41 bits per heavy atom. The second-order valence-electron chi connectivity index (χ2n) is 4.68. The van der Waals surface area contributed by atoms with Gasteiger partial charge in [0.25, 0.3) is 0 Å². The highest BCUT2D eigenvalue weighted by molar-refractivity contribution is 5.54. The molecule has 0 unspecified atom stereocenters. The Balaban J connectivity index is 0.000000561. The summed E-state index contributed by atoms with van der Waals surface area (Å²) in [5.74, 6) is 0.308. The van der Waals surface area contributed by atoms with E-state index in [4.69, 9.17) is 0 Å². The molecule has 1 aromatic carbocycles. The lowest BCUT2D eigenvalue weighted by Gasteiger charge is -2.07. The fourth-order valence-corrected chi connectivity index (χ4v) is 2.06. The summed E-state index contributed by atoms with van der Waals surface area (Å²) in [7, 11) is 0. The van der Waals surface area contributed by atoms with Gasteiger partial charge in [-0.15, -0.1) is 5.10 Å². The highest BCUT2D eigenvalue weighted by atomic mass is 19.1. The van der Waals surface area contributed by atoms with Crippen molar-refractivity contribution in [3.63, 3.8) is 0 Å². The van der Waals surface area contributed by atoms with E-state index >= 15 is 0 Å². The Labute approximate surface area is 132 Å². The van der Waals surface area contributed by atoms with Crippen molar-refractivity contribution < 1.29 is 4.39 Å². The fourth-order valence-electron chi connectivity index (χ4n) is 2.06. The van der Waals surface area contributed by atoms with Crippen LogP contribution in [-0.4, -0.2) is 15.0 Å². The first-order chi connectivity index (χ1) is 10.7. The first-order valence-electron chi connectivity index (χ1n) is 8.05. The number of nitrogens with zero attached hydrogens (tertiary/aromatic N) is 3. The Hall–Kier alpha value is -1.97. The molecule has 0 saturated heterocycles. The van der Waals surface area contributed by atoms with Gasteiger partial charge in [0.2, 0.25) is 0 Å². The summed E-state index contributed by atoms with van der Waals surface area (Å²) in [6, 6.07) is 3.56. The molecule has 3 nitrogen and oxygen atoms in total. The smallest absolute Gasteiger partial charge is 0.135 e. The second kappa shape index (κ2) is 8.47. The van der Waals surface area contributed by atoms with Crippen molar-refractivity contribution in [3.05, 3.63) is 47.5 Å². The van der Waals surface area contributed by atoms with Crippen LogP contribution in [0.25, 0.3) is 11.8 Å². The molecule has 1 aromatic heterocycles. The fraction of sp³-hybridized carbons (Fsp3) is 0.444. The first kappa shape index (κ1) is 18.1. The van der Waals surface area contributed by atoms with E-state index in [2.05, 4.69) is 16.9 Å². The molecule has 0 aliphatic heterocycles. The third-order valence-electron chi connectivity index (χ3n) is 3.36. The standard InChI is InChI=1S/C14H14FN3.2C2H6/c1-3-10-6-7-13(9(2)14(10)15)18-8-12(16-17-18)11-4-5-11;2*1-2/h3,6-8,11H,1,4-5H2,2H3;2*1-2H3. The third kappa shape index (κ3) is 3.81. The first-order valence-corrected chi connectivity index (χ1v) is 8.05. The molecule has 0 atom stereocenters. The number of rotatable bonds is 3. The van der Waals surface area contributed by atoms with Crippen molar-refractivity contribution in [1.82, 2.24) is 15.0 Å². The molecule has 0 N–H and O–H groups in total. The molecule has 1 aliphatic carbocycles. The average molecular weight is 303 g/mol. The summed E-state index contributed by atoms with van der Waals surface area (Å²) in [6.07, 6.45) is 5.78. The van der Waals surface area contributed by atoms with Gasteiger partial charge in [-0.25, -0.2) is 9.07 Å². The number of hydrogen-bond donors (Lipinski definition) is 0. The normalized spacial score (nSPS) is 12.6. The number of hydrogen-bond acceptors (Lipinski definition) is 2. The summed E-state index contributed by atoms with van der Waals surface area (Å²) in [4.78, 5) is 0. The Morgan fingerprint density at radius 2 is 1.86 bits per heavy atom. The van der Waals surface area contributed by atoms with Crippen molar-refractivity contribution in [2.24, 2.45) is 0 Å². The predicted octanol–water partition coefficient (Wildman–Crippen LogP) is 5.29. The summed E-state index contributed by atoms with van der Waals surface area (Å²) in [5, 5.41) is 8.22. The number of halogens is 1. The zero-order valence-electron chi connectivity index (χ0n) is 14.2. The van der Waals surface area contributed by atoms with E-state index in [0.717, 1.165) is 11.4 Å². The number of benzene rings is 1. The molecule has 0 spiro atoms. The van der Waals surface area contributed by atoms with Crippen LogP contribution >= 0.6 is 0 Å². The number of aromatic nitrogens is 3. The molecule has 1 heterocycles. The quantitative estimate of drug-likeness (QED) is 0.771. The molecule has 0 radical (unpaired) electrons. The molecule has 1 aliphatic rings. The van der Waals surface area contributed by atoms with Crippen LogP contribution in [-0.2, 0) is 0 Å². The zero-order chi connectivity index (χ0) is 16.7. The molecule has 120 valence electrons. The molecule has 4 heteroatoms. The highest BCUT2D eigenvalue weighted by Gasteiger charge is 2.26. The SMILES string of the molecule is C=Cc1ccc(-n2cc(C3CC3)nn2)c(C)c1F.CC.CC. The van der Waals surface area contributed by atoms with Gasteiger partial charge >= 0.3 is 0 Å². The molecule has 1 fully saturated rings. The summed E-state index contributed by atoms with van der Waals surface area (Å²) < 4.78 is 15.6. The van der Waals surface area contributed by atoms with Crippen molar-refractivity contribution in [3.8, 4) is 5.69 Å². The monoisotopic (exact) mass is 303 g/mol. The van der Waals surface area contributed by atoms with Crippen LogP contribution in [0.2, 0.25) is 0 Å². The lowest BCUT2D eigenvalue weighted by molar-refractivity contribution is 0.612. The van der Waals surface area contributed by atoms with E-state index in [-0.39, 0.29) is 5.82 Å². The highest BCUT2D eigenvalue weighted by Crippen LogP contribution is 2.38. The lowest BCUT2D eigenvalue weighted by Crippen LogP contribution is -2.01. The maximum absolute atomic E-state index is 14.0. The molecule has 22 heavy (non-hydrogen) atoms. The van der Waals surface area contributed by atoms with E-state index in [1.807, 2.05) is 40.0 Å². The molecule has 3 rings (SSSR count). The van der Waals surface area contributed by atoms with Gasteiger partial charge in [-0.05, 0) is 31.9 Å². The van der Waals surface area contributed by atoms with Gasteiger partial charge in [-0.2, -0.15) is 0 Å². The van der Waals surface area contributed by atoms with Gasteiger partial charge in [-0.1, -0.05) is 45.6 Å². The maximum Gasteiger partial charge on any atom is 0.135 e. The van der Waals surface area contributed by atoms with Gasteiger partial charge in [0.1, 0.15) is 5.82 Å². The van der Waals surface area contributed by atoms with Crippen molar-refractivity contribution >= 4 is 6.08 Å². The minimum Gasteiger partial charge on any atom is -0.220 e. The van der Waals surface area contributed by atoms with Crippen molar-refractivity contribution in [1.29, 1.82) is 0 Å². The van der Waals surface area contributed by atoms with Crippen LogP contribution in [0, 0.1) is 12.7 Å². The van der Waals surface area contributed by atoms with E-state index in [1.165, 1.54) is 18.9 Å². The van der Waals surface area contributed by atoms with Gasteiger partial charge in [0, 0.05) is 17.0 Å². The van der Waals surface area contributed by atoms with Gasteiger partial charge in [0.05, 0.1) is 17.6 Å². The molecular formula is C18H26FN3. The Morgan fingerprint density at radius 1 is 1.23 bits per heavy atom. The van der Waals surface area contributed by atoms with Crippen LogP contribution in [0.1, 0.15) is 63.3 Å². The zero-order valence-corrected chi connectivity index (χ0v) is 14.2. The third-order valence-corrected chi connectivity index (χ3v) is 3.36. The van der Waals surface area contributed by atoms with E-state index in [9.17, 15) is 4.39 Å². The molecule has 2 aromatic rings. The summed E-state index contributed by atoms with van der Waals surface area (Å²) in [5.41, 5.74) is 2.82. The van der Waals surface area contributed by atoms with E-state index in [1.54, 1.807) is 17.7 Å². The second-order valence-corrected chi connectivity index (χ2v) is 4.68. The van der Waals surface area contributed by atoms with Crippen LogP contribution in [0.5, 0.6) is 0 Å². The molecule has 1 saturated carbocycles. The minimum atomic E-state index is -0.244. The van der Waals surface area contributed by atoms with Gasteiger partial charge < -0.3 is 0 Å². The van der Waals surface area contributed by atoms with Crippen LogP contribution < -0.4 is 0 Å². The van der Waals surface area contributed by atoms with Crippen LogP contribution in [0.15, 0.2) is 24.9 Å². The average Bonchev–Trinajstić information content (AvgIpc) is 3.32. The van der Waals surface area contributed by atoms with E-state index < -0.39 is 0 Å². The maximum atomic E-state index is 14.0. The van der Waals surface area contributed by atoms with Crippen molar-refractivity contribution in [2.45, 2.75) is 53.4 Å².